The van der Waals surface area contributed by atoms with Crippen molar-refractivity contribution in [1.29, 1.82) is 0 Å². The molecule has 0 saturated carbocycles. The Balaban J connectivity index is 1.67. The molecule has 7 nitrogen and oxygen atoms in total. The molecular formula is C19H21N5O2S. The van der Waals surface area contributed by atoms with E-state index in [1.165, 1.54) is 17.7 Å². The number of nitrogens with two attached hydrogens (primary N) is 1. The summed E-state index contributed by atoms with van der Waals surface area (Å²) in [5.74, 6) is 1.36. The Kier molecular flexibility index (Phi) is 5.68. The van der Waals surface area contributed by atoms with Gasteiger partial charge in [-0.15, -0.1) is 0 Å². The first-order chi connectivity index (χ1) is 12.9. The van der Waals surface area contributed by atoms with Crippen LogP contribution in [0.25, 0.3) is 0 Å². The van der Waals surface area contributed by atoms with E-state index in [0.29, 0.717) is 23.4 Å². The minimum Gasteiger partial charge on any atom is -0.369 e. The molecule has 1 heterocycles. The van der Waals surface area contributed by atoms with Gasteiger partial charge >= 0.3 is 0 Å². The molecule has 2 aromatic carbocycles. The fraction of sp³-hybridized carbons (Fsp3) is 0.158. The Morgan fingerprint density at radius 1 is 1.07 bits per heavy atom. The van der Waals surface area contributed by atoms with Crippen LogP contribution in [-0.2, 0) is 10.0 Å². The lowest BCUT2D eigenvalue weighted by molar-refractivity contribution is 0.598. The number of nitrogens with one attached hydrogen (secondary N) is 2. The van der Waals surface area contributed by atoms with Crippen LogP contribution in [0.15, 0.2) is 71.8 Å². The summed E-state index contributed by atoms with van der Waals surface area (Å²) in [6, 6.07) is 18.2. The summed E-state index contributed by atoms with van der Waals surface area (Å²) in [6.45, 7) is 2.86. The van der Waals surface area contributed by atoms with Gasteiger partial charge in [0.1, 0.15) is 5.82 Å². The van der Waals surface area contributed by atoms with Gasteiger partial charge in [0.2, 0.25) is 16.0 Å². The third-order valence-corrected chi connectivity index (χ3v) is 4.94. The van der Waals surface area contributed by atoms with Crippen molar-refractivity contribution >= 4 is 27.5 Å². The van der Waals surface area contributed by atoms with Crippen LogP contribution in [0.3, 0.4) is 0 Å². The van der Waals surface area contributed by atoms with Gasteiger partial charge in [0.15, 0.2) is 0 Å². The highest BCUT2D eigenvalue weighted by Gasteiger charge is 2.09. The maximum Gasteiger partial charge on any atom is 0.238 e. The molecule has 1 aromatic heterocycles. The molecule has 0 spiro atoms. The van der Waals surface area contributed by atoms with Crippen molar-refractivity contribution in [3.63, 3.8) is 0 Å². The molecular weight excluding hydrogens is 362 g/mol. The minimum atomic E-state index is -3.76. The van der Waals surface area contributed by atoms with Gasteiger partial charge in [-0.05, 0) is 35.7 Å². The van der Waals surface area contributed by atoms with Crippen molar-refractivity contribution in [3.05, 3.63) is 72.4 Å². The quantitative estimate of drug-likeness (QED) is 0.578. The Hall–Kier alpha value is -2.97. The summed E-state index contributed by atoms with van der Waals surface area (Å²) in [5, 5.41) is 11.5. The first-order valence-electron chi connectivity index (χ1n) is 8.43. The molecule has 0 amide bonds. The zero-order valence-electron chi connectivity index (χ0n) is 14.8. The second-order valence-corrected chi connectivity index (χ2v) is 7.72. The number of hydrogen-bond acceptors (Lipinski definition) is 6. The summed E-state index contributed by atoms with van der Waals surface area (Å²) >= 11 is 0. The number of aromatic nitrogens is 2. The predicted molar refractivity (Wildman–Crippen MR) is 106 cm³/mol. The molecule has 0 aliphatic carbocycles. The molecule has 8 heteroatoms. The Labute approximate surface area is 158 Å². The van der Waals surface area contributed by atoms with Crippen LogP contribution >= 0.6 is 0 Å². The summed E-state index contributed by atoms with van der Waals surface area (Å²) < 4.78 is 22.9. The minimum absolute atomic E-state index is 0.0264. The van der Waals surface area contributed by atoms with Gasteiger partial charge in [-0.3, -0.25) is 0 Å². The van der Waals surface area contributed by atoms with Gasteiger partial charge < -0.3 is 10.6 Å². The Bertz CT molecular complexity index is 1010. The van der Waals surface area contributed by atoms with Crippen LogP contribution in [0.2, 0.25) is 0 Å². The Morgan fingerprint density at radius 3 is 2.59 bits per heavy atom. The van der Waals surface area contributed by atoms with Gasteiger partial charge in [-0.2, -0.15) is 4.98 Å². The van der Waals surface area contributed by atoms with E-state index in [9.17, 15) is 8.42 Å². The molecule has 140 valence electrons. The molecule has 3 aromatic rings. The highest BCUT2D eigenvalue weighted by molar-refractivity contribution is 7.89. The molecule has 4 N–H and O–H groups in total. The van der Waals surface area contributed by atoms with Crippen molar-refractivity contribution in [2.24, 2.45) is 5.14 Å². The first kappa shape index (κ1) is 18.8. The SMILES string of the molecule is C[C@@H](CNc1ccnc(Nc2cccc(S(N)(=O)=O)c2)n1)c1ccccc1. The van der Waals surface area contributed by atoms with Crippen molar-refractivity contribution in [1.82, 2.24) is 9.97 Å². The lowest BCUT2D eigenvalue weighted by Gasteiger charge is -2.14. The van der Waals surface area contributed by atoms with E-state index in [1.54, 1.807) is 24.4 Å². The zero-order chi connectivity index (χ0) is 19.3. The van der Waals surface area contributed by atoms with Crippen LogP contribution < -0.4 is 15.8 Å². The molecule has 0 fully saturated rings. The number of anilines is 3. The van der Waals surface area contributed by atoms with Gasteiger partial charge in [0.05, 0.1) is 4.90 Å². The van der Waals surface area contributed by atoms with E-state index < -0.39 is 10.0 Å². The van der Waals surface area contributed by atoms with E-state index in [-0.39, 0.29) is 4.90 Å². The van der Waals surface area contributed by atoms with Gasteiger partial charge in [0.25, 0.3) is 0 Å². The molecule has 27 heavy (non-hydrogen) atoms. The van der Waals surface area contributed by atoms with Crippen LogP contribution in [-0.4, -0.2) is 24.9 Å². The number of rotatable bonds is 7. The lowest BCUT2D eigenvalue weighted by Crippen LogP contribution is -2.12. The van der Waals surface area contributed by atoms with Crippen molar-refractivity contribution in [3.8, 4) is 0 Å². The van der Waals surface area contributed by atoms with Crippen LogP contribution in [0.1, 0.15) is 18.4 Å². The third kappa shape index (κ3) is 5.25. The average Bonchev–Trinajstić information content (AvgIpc) is 2.67. The van der Waals surface area contributed by atoms with Crippen molar-refractivity contribution < 1.29 is 8.42 Å². The molecule has 3 rings (SSSR count). The fourth-order valence-corrected chi connectivity index (χ4v) is 3.11. The van der Waals surface area contributed by atoms with Crippen molar-refractivity contribution in [2.45, 2.75) is 17.7 Å². The summed E-state index contributed by atoms with van der Waals surface area (Å²) in [5.41, 5.74) is 1.79. The van der Waals surface area contributed by atoms with Crippen LogP contribution in [0.5, 0.6) is 0 Å². The van der Waals surface area contributed by atoms with Gasteiger partial charge in [-0.25, -0.2) is 18.5 Å². The molecule has 1 atom stereocenters. The van der Waals surface area contributed by atoms with E-state index in [2.05, 4.69) is 39.7 Å². The highest BCUT2D eigenvalue weighted by atomic mass is 32.2. The monoisotopic (exact) mass is 383 g/mol. The molecule has 0 aliphatic heterocycles. The number of nitrogens with zero attached hydrogens (tertiary/aromatic N) is 2. The maximum absolute atomic E-state index is 11.5. The number of primary sulfonamides is 1. The second-order valence-electron chi connectivity index (χ2n) is 6.16. The smallest absolute Gasteiger partial charge is 0.238 e. The largest absolute Gasteiger partial charge is 0.369 e. The first-order valence-corrected chi connectivity index (χ1v) is 9.98. The zero-order valence-corrected chi connectivity index (χ0v) is 15.6. The molecule has 0 aliphatic rings. The summed E-state index contributed by atoms with van der Waals surface area (Å²) in [7, 11) is -3.76. The highest BCUT2D eigenvalue weighted by Crippen LogP contribution is 2.19. The molecule has 0 bridgehead atoms. The van der Waals surface area contributed by atoms with Crippen molar-refractivity contribution in [2.75, 3.05) is 17.2 Å². The van der Waals surface area contributed by atoms with E-state index >= 15 is 0 Å². The van der Waals surface area contributed by atoms with Gasteiger partial charge in [-0.1, -0.05) is 43.3 Å². The number of hydrogen-bond donors (Lipinski definition) is 3. The number of benzene rings is 2. The lowest BCUT2D eigenvalue weighted by atomic mass is 10.0. The molecule has 0 saturated heterocycles. The summed E-state index contributed by atoms with van der Waals surface area (Å²) in [4.78, 5) is 8.61. The normalized spacial score (nSPS) is 12.4. The number of sulfonamides is 1. The maximum atomic E-state index is 11.5. The standard InChI is InChI=1S/C19H21N5O2S/c1-14(15-6-3-2-4-7-15)13-22-18-10-11-21-19(24-18)23-16-8-5-9-17(12-16)27(20,25)26/h2-12,14H,13H2,1H3,(H2,20,25,26)(H2,21,22,23,24)/t14-/m0/s1. The van der Waals surface area contributed by atoms with E-state index in [4.69, 9.17) is 5.14 Å². The fourth-order valence-electron chi connectivity index (χ4n) is 2.55. The third-order valence-electron chi connectivity index (χ3n) is 4.03. The van der Waals surface area contributed by atoms with E-state index in [0.717, 1.165) is 6.54 Å². The second kappa shape index (κ2) is 8.15. The Morgan fingerprint density at radius 2 is 1.85 bits per heavy atom. The van der Waals surface area contributed by atoms with Gasteiger partial charge in [0, 0.05) is 18.4 Å². The molecule has 0 unspecified atom stereocenters. The average molecular weight is 383 g/mol. The van der Waals surface area contributed by atoms with Crippen LogP contribution in [0.4, 0.5) is 17.5 Å². The predicted octanol–water partition coefficient (Wildman–Crippen LogP) is 3.08. The topological polar surface area (TPSA) is 110 Å². The molecule has 0 radical (unpaired) electrons. The van der Waals surface area contributed by atoms with E-state index in [1.807, 2.05) is 18.2 Å². The summed E-state index contributed by atoms with van der Waals surface area (Å²) in [6.07, 6.45) is 1.63. The van der Waals surface area contributed by atoms with Crippen LogP contribution in [0, 0.1) is 0 Å².